The zero-order valence-corrected chi connectivity index (χ0v) is 13.9. The van der Waals surface area contributed by atoms with Crippen LogP contribution in [-0.2, 0) is 4.74 Å². The van der Waals surface area contributed by atoms with E-state index in [9.17, 15) is 4.79 Å². The minimum atomic E-state index is -0.499. The summed E-state index contributed by atoms with van der Waals surface area (Å²) in [5.74, 6) is 0.760. The first kappa shape index (κ1) is 15.9. The molecular weight excluding hydrogens is 302 g/mol. The van der Waals surface area contributed by atoms with E-state index in [0.717, 1.165) is 33.2 Å². The third kappa shape index (κ3) is 2.78. The van der Waals surface area contributed by atoms with Gasteiger partial charge in [-0.25, -0.2) is 4.79 Å². The third-order valence-electron chi connectivity index (χ3n) is 4.06. The molecule has 0 aromatic heterocycles. The Hall–Kier alpha value is -3.01. The average Bonchev–Trinajstić information content (AvgIpc) is 2.61. The van der Waals surface area contributed by atoms with Crippen LogP contribution in [0.3, 0.4) is 0 Å². The molecule has 0 saturated carbocycles. The molecule has 0 atom stereocenters. The molecule has 122 valence electrons. The molecule has 0 unspecified atom stereocenters. The molecule has 3 aromatic carbocycles. The molecule has 1 N–H and O–H groups in total. The molecule has 0 fully saturated rings. The van der Waals surface area contributed by atoms with Crippen LogP contribution in [-0.4, -0.2) is 20.3 Å². The van der Waals surface area contributed by atoms with E-state index in [2.05, 4.69) is 17.4 Å². The SMILES string of the molecule is COC(=O)Nc1cccc(C)c1-c1c(OC)ccc2ccccc12. The minimum Gasteiger partial charge on any atom is -0.496 e. The monoisotopic (exact) mass is 321 g/mol. The molecule has 0 saturated heterocycles. The number of methoxy groups -OCH3 is 2. The number of hydrogen-bond donors (Lipinski definition) is 1. The minimum absolute atomic E-state index is 0.499. The summed E-state index contributed by atoms with van der Waals surface area (Å²) in [6.45, 7) is 2.01. The van der Waals surface area contributed by atoms with E-state index >= 15 is 0 Å². The maximum Gasteiger partial charge on any atom is 0.411 e. The summed E-state index contributed by atoms with van der Waals surface area (Å²) in [5.41, 5.74) is 3.62. The van der Waals surface area contributed by atoms with E-state index in [0.29, 0.717) is 5.69 Å². The molecule has 4 heteroatoms. The summed E-state index contributed by atoms with van der Waals surface area (Å²) < 4.78 is 10.4. The van der Waals surface area contributed by atoms with Crippen LogP contribution in [0.15, 0.2) is 54.6 Å². The maximum absolute atomic E-state index is 11.7. The number of carbonyl (C=O) groups is 1. The van der Waals surface area contributed by atoms with E-state index in [1.54, 1.807) is 7.11 Å². The molecule has 0 heterocycles. The van der Waals surface area contributed by atoms with Crippen molar-refractivity contribution in [2.24, 2.45) is 0 Å². The lowest BCUT2D eigenvalue weighted by Crippen LogP contribution is -2.12. The van der Waals surface area contributed by atoms with Crippen molar-refractivity contribution in [1.82, 2.24) is 0 Å². The Kier molecular flexibility index (Phi) is 4.38. The van der Waals surface area contributed by atoms with Crippen LogP contribution in [0, 0.1) is 6.92 Å². The molecule has 24 heavy (non-hydrogen) atoms. The lowest BCUT2D eigenvalue weighted by atomic mass is 9.92. The van der Waals surface area contributed by atoms with Gasteiger partial charge in [0.25, 0.3) is 0 Å². The van der Waals surface area contributed by atoms with Crippen LogP contribution in [0.5, 0.6) is 5.75 Å². The van der Waals surface area contributed by atoms with Gasteiger partial charge in [-0.1, -0.05) is 42.5 Å². The van der Waals surface area contributed by atoms with Gasteiger partial charge in [0.2, 0.25) is 0 Å². The van der Waals surface area contributed by atoms with Gasteiger partial charge in [0.1, 0.15) is 5.75 Å². The van der Waals surface area contributed by atoms with Gasteiger partial charge in [0, 0.05) is 11.1 Å². The van der Waals surface area contributed by atoms with Crippen molar-refractivity contribution >= 4 is 22.6 Å². The molecule has 0 spiro atoms. The molecule has 3 rings (SSSR count). The molecule has 0 aliphatic rings. The number of aryl methyl sites for hydroxylation is 1. The fraction of sp³-hybridized carbons (Fsp3) is 0.150. The predicted molar refractivity (Wildman–Crippen MR) is 96.7 cm³/mol. The second kappa shape index (κ2) is 6.62. The van der Waals surface area contributed by atoms with E-state index in [-0.39, 0.29) is 0 Å². The summed E-state index contributed by atoms with van der Waals surface area (Å²) in [6.07, 6.45) is -0.499. The smallest absolute Gasteiger partial charge is 0.411 e. The Labute approximate surface area is 141 Å². The second-order valence-corrected chi connectivity index (χ2v) is 5.48. The lowest BCUT2D eigenvalue weighted by molar-refractivity contribution is 0.187. The van der Waals surface area contributed by atoms with E-state index in [4.69, 9.17) is 9.47 Å². The van der Waals surface area contributed by atoms with Gasteiger partial charge in [0.15, 0.2) is 0 Å². The number of hydrogen-bond acceptors (Lipinski definition) is 3. The van der Waals surface area contributed by atoms with Crippen molar-refractivity contribution < 1.29 is 14.3 Å². The third-order valence-corrected chi connectivity index (χ3v) is 4.06. The Morgan fingerprint density at radius 1 is 0.917 bits per heavy atom. The van der Waals surface area contributed by atoms with Gasteiger partial charge in [-0.3, -0.25) is 5.32 Å². The number of fused-ring (bicyclic) bond motifs is 1. The normalized spacial score (nSPS) is 10.5. The van der Waals surface area contributed by atoms with Gasteiger partial charge in [-0.05, 0) is 35.4 Å². The quantitative estimate of drug-likeness (QED) is 0.738. The van der Waals surface area contributed by atoms with Crippen molar-refractivity contribution in [2.75, 3.05) is 19.5 Å². The van der Waals surface area contributed by atoms with Gasteiger partial charge >= 0.3 is 6.09 Å². The first-order valence-electron chi connectivity index (χ1n) is 7.66. The van der Waals surface area contributed by atoms with Crippen LogP contribution in [0.25, 0.3) is 21.9 Å². The Balaban J connectivity index is 2.33. The molecule has 4 nitrogen and oxygen atoms in total. The van der Waals surface area contributed by atoms with Crippen molar-refractivity contribution in [3.05, 3.63) is 60.2 Å². The molecule has 0 aliphatic carbocycles. The van der Waals surface area contributed by atoms with E-state index in [1.165, 1.54) is 7.11 Å². The number of carbonyl (C=O) groups excluding carboxylic acids is 1. The van der Waals surface area contributed by atoms with Crippen molar-refractivity contribution in [3.8, 4) is 16.9 Å². The fourth-order valence-electron chi connectivity index (χ4n) is 2.94. The maximum atomic E-state index is 11.7. The second-order valence-electron chi connectivity index (χ2n) is 5.48. The highest BCUT2D eigenvalue weighted by Gasteiger charge is 2.17. The number of nitrogens with one attached hydrogen (secondary N) is 1. The average molecular weight is 321 g/mol. The van der Waals surface area contributed by atoms with Crippen molar-refractivity contribution in [1.29, 1.82) is 0 Å². The first-order valence-corrected chi connectivity index (χ1v) is 7.66. The highest BCUT2D eigenvalue weighted by Crippen LogP contribution is 2.42. The molecule has 3 aromatic rings. The molecule has 1 amide bonds. The molecular formula is C20H19NO3. The van der Waals surface area contributed by atoms with Crippen LogP contribution in [0.2, 0.25) is 0 Å². The van der Waals surface area contributed by atoms with Gasteiger partial charge in [-0.2, -0.15) is 0 Å². The number of rotatable bonds is 3. The van der Waals surface area contributed by atoms with Crippen molar-refractivity contribution in [2.45, 2.75) is 6.92 Å². The topological polar surface area (TPSA) is 47.6 Å². The number of amides is 1. The number of ether oxygens (including phenoxy) is 2. The zero-order valence-electron chi connectivity index (χ0n) is 13.9. The summed E-state index contributed by atoms with van der Waals surface area (Å²) >= 11 is 0. The lowest BCUT2D eigenvalue weighted by Gasteiger charge is -2.18. The number of anilines is 1. The standard InChI is InChI=1S/C20H19NO3/c1-13-7-6-10-16(21-20(22)24-3)18(13)19-15-9-5-4-8-14(15)11-12-17(19)23-2/h4-12H,1-3H3,(H,21,22). The van der Waals surface area contributed by atoms with Gasteiger partial charge < -0.3 is 9.47 Å². The van der Waals surface area contributed by atoms with Crippen LogP contribution >= 0.6 is 0 Å². The Morgan fingerprint density at radius 3 is 2.46 bits per heavy atom. The Morgan fingerprint density at radius 2 is 1.71 bits per heavy atom. The van der Waals surface area contributed by atoms with Gasteiger partial charge in [0.05, 0.1) is 19.9 Å². The van der Waals surface area contributed by atoms with E-state index in [1.807, 2.05) is 49.4 Å². The highest BCUT2D eigenvalue weighted by atomic mass is 16.5. The summed E-state index contributed by atoms with van der Waals surface area (Å²) in [6, 6.07) is 17.9. The molecule has 0 bridgehead atoms. The number of benzene rings is 3. The summed E-state index contributed by atoms with van der Waals surface area (Å²) in [7, 11) is 3.00. The van der Waals surface area contributed by atoms with Crippen LogP contribution in [0.1, 0.15) is 5.56 Å². The predicted octanol–water partition coefficient (Wildman–Crippen LogP) is 5.00. The zero-order chi connectivity index (χ0) is 17.1. The van der Waals surface area contributed by atoms with E-state index < -0.39 is 6.09 Å². The Bertz CT molecular complexity index is 903. The van der Waals surface area contributed by atoms with Crippen molar-refractivity contribution in [3.63, 3.8) is 0 Å². The highest BCUT2D eigenvalue weighted by molar-refractivity contribution is 6.05. The van der Waals surface area contributed by atoms with Crippen LogP contribution < -0.4 is 10.1 Å². The van der Waals surface area contributed by atoms with Crippen LogP contribution in [0.4, 0.5) is 10.5 Å². The fourth-order valence-corrected chi connectivity index (χ4v) is 2.94. The largest absolute Gasteiger partial charge is 0.496 e. The molecule has 0 aliphatic heterocycles. The summed E-state index contributed by atoms with van der Waals surface area (Å²) in [4.78, 5) is 11.7. The summed E-state index contributed by atoms with van der Waals surface area (Å²) in [5, 5.41) is 4.98. The van der Waals surface area contributed by atoms with Gasteiger partial charge in [-0.15, -0.1) is 0 Å². The molecule has 0 radical (unpaired) electrons. The first-order chi connectivity index (χ1) is 11.7.